The molecule has 1 atom stereocenters. The first-order chi connectivity index (χ1) is 12.3. The highest BCUT2D eigenvalue weighted by molar-refractivity contribution is 5.37. The molecule has 2 aromatic carbocycles. The minimum atomic E-state index is 0.688. The lowest BCUT2D eigenvalue weighted by Crippen LogP contribution is -2.49. The molecule has 0 spiro atoms. The van der Waals surface area contributed by atoms with Crippen molar-refractivity contribution in [2.24, 2.45) is 0 Å². The van der Waals surface area contributed by atoms with E-state index in [4.69, 9.17) is 4.74 Å². The van der Waals surface area contributed by atoms with Crippen LogP contribution in [0, 0.1) is 0 Å². The van der Waals surface area contributed by atoms with Gasteiger partial charge in [-0.15, -0.1) is 0 Å². The number of piperidine rings is 1. The lowest BCUT2D eigenvalue weighted by Gasteiger charge is -2.41. The van der Waals surface area contributed by atoms with Crippen LogP contribution in [-0.2, 0) is 19.5 Å². The molecule has 1 saturated heterocycles. The van der Waals surface area contributed by atoms with Gasteiger partial charge in [-0.25, -0.2) is 0 Å². The average molecular weight is 336 g/mol. The van der Waals surface area contributed by atoms with E-state index >= 15 is 0 Å². The summed E-state index contributed by atoms with van der Waals surface area (Å²) in [4.78, 5) is 5.33. The summed E-state index contributed by atoms with van der Waals surface area (Å²) in [5.41, 5.74) is 4.37. The van der Waals surface area contributed by atoms with E-state index in [1.165, 1.54) is 49.2 Å². The van der Waals surface area contributed by atoms with E-state index in [1.807, 2.05) is 0 Å². The van der Waals surface area contributed by atoms with E-state index in [-0.39, 0.29) is 0 Å². The molecule has 0 N–H and O–H groups in total. The molecule has 3 nitrogen and oxygen atoms in total. The monoisotopic (exact) mass is 336 g/mol. The number of benzene rings is 2. The van der Waals surface area contributed by atoms with E-state index in [9.17, 15) is 0 Å². The molecule has 0 radical (unpaired) electrons. The van der Waals surface area contributed by atoms with Gasteiger partial charge in [0.15, 0.2) is 0 Å². The zero-order valence-electron chi connectivity index (χ0n) is 15.2. The van der Waals surface area contributed by atoms with Crippen molar-refractivity contribution in [1.29, 1.82) is 0 Å². The van der Waals surface area contributed by atoms with Gasteiger partial charge in [-0.3, -0.25) is 9.80 Å². The van der Waals surface area contributed by atoms with E-state index in [0.717, 1.165) is 25.3 Å². The fourth-order valence-corrected chi connectivity index (χ4v) is 4.30. The summed E-state index contributed by atoms with van der Waals surface area (Å²) in [7, 11) is 1.75. The Hall–Kier alpha value is -1.84. The molecule has 2 heterocycles. The molecule has 0 saturated carbocycles. The number of hydrogen-bond donors (Lipinski definition) is 0. The molecule has 0 bridgehead atoms. The molecular weight excluding hydrogens is 308 g/mol. The summed E-state index contributed by atoms with van der Waals surface area (Å²) >= 11 is 0. The second-order valence-corrected chi connectivity index (χ2v) is 7.37. The molecule has 2 aromatic rings. The second kappa shape index (κ2) is 7.59. The molecule has 132 valence electrons. The predicted octanol–water partition coefficient (Wildman–Crippen LogP) is 3.72. The summed E-state index contributed by atoms with van der Waals surface area (Å²) < 4.78 is 5.37. The van der Waals surface area contributed by atoms with Crippen molar-refractivity contribution in [3.8, 4) is 5.75 Å². The van der Waals surface area contributed by atoms with Crippen molar-refractivity contribution in [2.45, 2.75) is 38.4 Å². The van der Waals surface area contributed by atoms with Crippen LogP contribution in [-0.4, -0.2) is 42.6 Å². The Morgan fingerprint density at radius 2 is 1.92 bits per heavy atom. The van der Waals surface area contributed by atoms with Gasteiger partial charge in [-0.05, 0) is 54.6 Å². The SMILES string of the molecule is COc1ccc2c(c1)CCN(C1CCCN(Cc3ccccc3)C1)C2. The maximum atomic E-state index is 5.37. The van der Waals surface area contributed by atoms with Crippen LogP contribution in [0.2, 0.25) is 0 Å². The van der Waals surface area contributed by atoms with E-state index in [0.29, 0.717) is 6.04 Å². The highest BCUT2D eigenvalue weighted by atomic mass is 16.5. The molecule has 0 aromatic heterocycles. The Labute approximate surface area is 151 Å². The Balaban J connectivity index is 1.40. The van der Waals surface area contributed by atoms with Gasteiger partial charge in [0.1, 0.15) is 5.75 Å². The number of nitrogens with zero attached hydrogens (tertiary/aromatic N) is 2. The minimum absolute atomic E-state index is 0.688. The molecule has 1 fully saturated rings. The van der Waals surface area contributed by atoms with Gasteiger partial charge < -0.3 is 4.74 Å². The zero-order valence-corrected chi connectivity index (χ0v) is 15.2. The fourth-order valence-electron chi connectivity index (χ4n) is 4.30. The lowest BCUT2D eigenvalue weighted by molar-refractivity contribution is 0.0838. The van der Waals surface area contributed by atoms with Crippen molar-refractivity contribution >= 4 is 0 Å². The van der Waals surface area contributed by atoms with E-state index in [2.05, 4.69) is 58.3 Å². The van der Waals surface area contributed by atoms with Crippen molar-refractivity contribution in [2.75, 3.05) is 26.7 Å². The van der Waals surface area contributed by atoms with Crippen LogP contribution < -0.4 is 4.74 Å². The Bertz CT molecular complexity index is 700. The minimum Gasteiger partial charge on any atom is -0.497 e. The number of fused-ring (bicyclic) bond motifs is 1. The summed E-state index contributed by atoms with van der Waals surface area (Å²) in [5, 5.41) is 0. The van der Waals surface area contributed by atoms with E-state index < -0.39 is 0 Å². The van der Waals surface area contributed by atoms with Crippen molar-refractivity contribution in [3.63, 3.8) is 0 Å². The third-order valence-electron chi connectivity index (χ3n) is 5.70. The Morgan fingerprint density at radius 1 is 1.04 bits per heavy atom. The first kappa shape index (κ1) is 16.6. The van der Waals surface area contributed by atoms with Gasteiger partial charge >= 0.3 is 0 Å². The van der Waals surface area contributed by atoms with Crippen LogP contribution in [0.1, 0.15) is 29.5 Å². The third-order valence-corrected chi connectivity index (χ3v) is 5.70. The standard InChI is InChI=1S/C22H28N2O/c1-25-22-10-9-20-16-24(13-11-19(20)14-22)21-8-5-12-23(17-21)15-18-6-3-2-4-7-18/h2-4,6-7,9-10,14,21H,5,8,11-13,15-17H2,1H3. The predicted molar refractivity (Wildman–Crippen MR) is 102 cm³/mol. The van der Waals surface area contributed by atoms with Gasteiger partial charge in [0.2, 0.25) is 0 Å². The molecule has 2 aliphatic heterocycles. The third kappa shape index (κ3) is 3.88. The van der Waals surface area contributed by atoms with Crippen molar-refractivity contribution < 1.29 is 4.74 Å². The van der Waals surface area contributed by atoms with E-state index in [1.54, 1.807) is 7.11 Å². The maximum Gasteiger partial charge on any atom is 0.119 e. The smallest absolute Gasteiger partial charge is 0.119 e. The van der Waals surface area contributed by atoms with Crippen molar-refractivity contribution in [1.82, 2.24) is 9.80 Å². The van der Waals surface area contributed by atoms with Gasteiger partial charge in [0.25, 0.3) is 0 Å². The molecule has 2 aliphatic rings. The van der Waals surface area contributed by atoms with Gasteiger partial charge in [0, 0.05) is 32.2 Å². The van der Waals surface area contributed by atoms with Crippen molar-refractivity contribution in [3.05, 3.63) is 65.2 Å². The summed E-state index contributed by atoms with van der Waals surface area (Å²) in [5.74, 6) is 0.985. The average Bonchev–Trinajstić information content (AvgIpc) is 2.68. The molecule has 25 heavy (non-hydrogen) atoms. The Morgan fingerprint density at radius 3 is 2.76 bits per heavy atom. The van der Waals surface area contributed by atoms with Crippen LogP contribution in [0.5, 0.6) is 5.75 Å². The normalized spacial score (nSPS) is 21.7. The van der Waals surface area contributed by atoms with Crippen LogP contribution in [0.4, 0.5) is 0 Å². The number of hydrogen-bond acceptors (Lipinski definition) is 3. The van der Waals surface area contributed by atoms with Crippen LogP contribution >= 0.6 is 0 Å². The van der Waals surface area contributed by atoms with Gasteiger partial charge in [0.05, 0.1) is 7.11 Å². The number of rotatable bonds is 4. The second-order valence-electron chi connectivity index (χ2n) is 7.37. The van der Waals surface area contributed by atoms with Gasteiger partial charge in [-0.1, -0.05) is 36.4 Å². The maximum absolute atomic E-state index is 5.37. The number of likely N-dealkylation sites (tertiary alicyclic amines) is 1. The zero-order chi connectivity index (χ0) is 17.1. The first-order valence-electron chi connectivity index (χ1n) is 9.48. The first-order valence-corrected chi connectivity index (χ1v) is 9.48. The highest BCUT2D eigenvalue weighted by Gasteiger charge is 2.28. The summed E-state index contributed by atoms with van der Waals surface area (Å²) in [6.07, 6.45) is 3.78. The molecule has 4 rings (SSSR count). The molecule has 3 heteroatoms. The molecule has 0 aliphatic carbocycles. The fraction of sp³-hybridized carbons (Fsp3) is 0.455. The molecule has 1 unspecified atom stereocenters. The number of ether oxygens (including phenoxy) is 1. The largest absolute Gasteiger partial charge is 0.497 e. The molecular formula is C22H28N2O. The summed E-state index contributed by atoms with van der Waals surface area (Å²) in [6.45, 7) is 5.76. The van der Waals surface area contributed by atoms with Gasteiger partial charge in [-0.2, -0.15) is 0 Å². The Kier molecular flexibility index (Phi) is 5.04. The highest BCUT2D eigenvalue weighted by Crippen LogP contribution is 2.27. The quantitative estimate of drug-likeness (QED) is 0.846. The summed E-state index contributed by atoms with van der Waals surface area (Å²) in [6, 6.07) is 18.1. The lowest BCUT2D eigenvalue weighted by atomic mass is 9.95. The van der Waals surface area contributed by atoms with Crippen LogP contribution in [0.3, 0.4) is 0 Å². The number of methoxy groups -OCH3 is 1. The van der Waals surface area contributed by atoms with Crippen LogP contribution in [0.15, 0.2) is 48.5 Å². The van der Waals surface area contributed by atoms with Crippen LogP contribution in [0.25, 0.3) is 0 Å². The topological polar surface area (TPSA) is 15.7 Å². The molecule has 0 amide bonds.